The summed E-state index contributed by atoms with van der Waals surface area (Å²) in [5.41, 5.74) is 1.82. The van der Waals surface area contributed by atoms with E-state index in [9.17, 15) is 22.8 Å². The van der Waals surface area contributed by atoms with E-state index in [1.807, 2.05) is 23.1 Å². The molecule has 2 aliphatic heterocycles. The maximum atomic E-state index is 14.2. The molecule has 44 heavy (non-hydrogen) atoms. The summed E-state index contributed by atoms with van der Waals surface area (Å²) in [6, 6.07) is 8.45. The second-order valence-corrected chi connectivity index (χ2v) is 11.7. The third-order valence-electron chi connectivity index (χ3n) is 8.50. The number of carbonyl (C=O) groups is 1. The summed E-state index contributed by atoms with van der Waals surface area (Å²) in [6.07, 6.45) is -1.11. The number of ether oxygens (including phenoxy) is 1. The number of piperazine rings is 1. The number of nitrogens with one attached hydrogen (secondary N) is 2. The molecule has 1 saturated heterocycles. The largest absolute Gasteiger partial charge is 0.493 e. The molecule has 2 fully saturated rings. The molecule has 14 heteroatoms. The van der Waals surface area contributed by atoms with Crippen molar-refractivity contribution in [1.82, 2.24) is 24.5 Å². The van der Waals surface area contributed by atoms with Crippen molar-refractivity contribution in [2.75, 3.05) is 43.0 Å². The van der Waals surface area contributed by atoms with Crippen molar-refractivity contribution in [3.8, 4) is 17.1 Å². The van der Waals surface area contributed by atoms with Gasteiger partial charge >= 0.3 is 6.18 Å². The number of alkyl halides is 3. The summed E-state index contributed by atoms with van der Waals surface area (Å²) in [4.78, 5) is 34.5. The highest BCUT2D eigenvalue weighted by Gasteiger charge is 2.34. The summed E-state index contributed by atoms with van der Waals surface area (Å²) >= 11 is 6.14. The minimum Gasteiger partial charge on any atom is -0.493 e. The normalized spacial score (nSPS) is 17.0. The van der Waals surface area contributed by atoms with Crippen LogP contribution in [0.15, 0.2) is 41.2 Å². The molecule has 230 valence electrons. The van der Waals surface area contributed by atoms with Gasteiger partial charge in [0.05, 0.1) is 28.6 Å². The van der Waals surface area contributed by atoms with Gasteiger partial charge in [0.2, 0.25) is 11.7 Å². The molecule has 4 heterocycles. The Bertz CT molecular complexity index is 1830. The van der Waals surface area contributed by atoms with E-state index in [2.05, 4.69) is 15.7 Å². The van der Waals surface area contributed by atoms with Gasteiger partial charge in [-0.2, -0.15) is 22.7 Å². The van der Waals surface area contributed by atoms with Crippen LogP contribution in [0.25, 0.3) is 17.2 Å². The maximum absolute atomic E-state index is 14.2. The molecule has 0 bridgehead atoms. The number of rotatable bonds is 6. The number of nitrogens with zero attached hydrogens (tertiary/aromatic N) is 5. The molecule has 3 aliphatic rings. The van der Waals surface area contributed by atoms with Crippen molar-refractivity contribution in [2.45, 2.75) is 44.3 Å². The molecule has 1 aliphatic carbocycles. The number of carbonyl (C=O) groups excluding carboxylic acids is 1. The van der Waals surface area contributed by atoms with Crippen molar-refractivity contribution in [3.05, 3.63) is 68.6 Å². The third-order valence-corrected chi connectivity index (χ3v) is 8.82. The predicted octanol–water partition coefficient (Wildman–Crippen LogP) is 4.48. The van der Waals surface area contributed by atoms with Crippen molar-refractivity contribution in [3.63, 3.8) is 0 Å². The Morgan fingerprint density at radius 1 is 1.14 bits per heavy atom. The van der Waals surface area contributed by atoms with Gasteiger partial charge in [-0.05, 0) is 54.8 Å². The van der Waals surface area contributed by atoms with Crippen LogP contribution in [-0.4, -0.2) is 57.9 Å². The highest BCUT2D eigenvalue weighted by atomic mass is 35.5. The van der Waals surface area contributed by atoms with Crippen LogP contribution in [0.5, 0.6) is 5.75 Å². The van der Waals surface area contributed by atoms with Crippen LogP contribution in [0.4, 0.5) is 24.5 Å². The molecule has 2 aromatic heterocycles. The van der Waals surface area contributed by atoms with E-state index in [0.717, 1.165) is 66.5 Å². The standard InChI is InChI=1S/C30H29ClF3N7O3/c31-21-15-20(30(32,33)34)5-6-22(21)36-24(42)16-40-25(17-2-1-3-17)26(39-11-9-35-10-12-39)28(43)41-29(40)37-27(38-41)19-4-7-23-18(14-19)8-13-44-23/h4-7,14-15,17,35H,1-3,8-13,16H2,(H,36,42). The maximum Gasteiger partial charge on any atom is 0.416 e. The van der Waals surface area contributed by atoms with E-state index in [1.165, 1.54) is 4.52 Å². The van der Waals surface area contributed by atoms with Gasteiger partial charge in [-0.1, -0.05) is 18.0 Å². The summed E-state index contributed by atoms with van der Waals surface area (Å²) < 4.78 is 48.1. The molecular weight excluding hydrogens is 599 g/mol. The molecule has 4 aromatic rings. The predicted molar refractivity (Wildman–Crippen MR) is 159 cm³/mol. The topological polar surface area (TPSA) is 106 Å². The molecule has 2 N–H and O–H groups in total. The monoisotopic (exact) mass is 627 g/mol. The van der Waals surface area contributed by atoms with Crippen molar-refractivity contribution in [1.29, 1.82) is 0 Å². The number of aromatic nitrogens is 4. The van der Waals surface area contributed by atoms with Gasteiger partial charge in [0, 0.05) is 44.1 Å². The summed E-state index contributed by atoms with van der Waals surface area (Å²) in [5.74, 6) is 0.884. The Morgan fingerprint density at radius 2 is 1.93 bits per heavy atom. The molecule has 10 nitrogen and oxygen atoms in total. The second-order valence-electron chi connectivity index (χ2n) is 11.3. The summed E-state index contributed by atoms with van der Waals surface area (Å²) in [7, 11) is 0. The van der Waals surface area contributed by atoms with Gasteiger partial charge in [0.15, 0.2) is 5.82 Å². The molecule has 1 saturated carbocycles. The van der Waals surface area contributed by atoms with Crippen LogP contribution in [0.3, 0.4) is 0 Å². The molecule has 0 spiro atoms. The van der Waals surface area contributed by atoms with E-state index in [0.29, 0.717) is 44.3 Å². The smallest absolute Gasteiger partial charge is 0.416 e. The lowest BCUT2D eigenvalue weighted by molar-refractivity contribution is -0.137. The van der Waals surface area contributed by atoms with Crippen LogP contribution in [-0.2, 0) is 23.9 Å². The first-order chi connectivity index (χ1) is 21.2. The van der Waals surface area contributed by atoms with Crippen molar-refractivity contribution < 1.29 is 22.7 Å². The fraction of sp³-hybridized carbons (Fsp3) is 0.400. The Balaban J connectivity index is 1.34. The Kier molecular flexibility index (Phi) is 7.24. The van der Waals surface area contributed by atoms with Crippen LogP contribution in [0, 0.1) is 0 Å². The minimum atomic E-state index is -4.57. The lowest BCUT2D eigenvalue weighted by Gasteiger charge is -2.36. The molecule has 2 aromatic carbocycles. The van der Waals surface area contributed by atoms with Crippen LogP contribution < -0.4 is 25.8 Å². The zero-order chi connectivity index (χ0) is 30.6. The van der Waals surface area contributed by atoms with E-state index in [-0.39, 0.29) is 34.5 Å². The van der Waals surface area contributed by atoms with Gasteiger partial charge < -0.3 is 24.8 Å². The zero-order valence-corrected chi connectivity index (χ0v) is 24.3. The fourth-order valence-corrected chi connectivity index (χ4v) is 6.30. The highest BCUT2D eigenvalue weighted by Crippen LogP contribution is 2.41. The van der Waals surface area contributed by atoms with Gasteiger partial charge in [0.1, 0.15) is 18.0 Å². The van der Waals surface area contributed by atoms with Crippen LogP contribution in [0.2, 0.25) is 5.02 Å². The van der Waals surface area contributed by atoms with E-state index >= 15 is 0 Å². The SMILES string of the molecule is O=C(Cn1c(C2CCC2)c(N2CCNCC2)c(=O)n2nc(-c3ccc4c(c3)CCO4)nc12)Nc1ccc(C(F)(F)F)cc1Cl. The molecule has 0 atom stereocenters. The quantitative estimate of drug-likeness (QED) is 0.325. The van der Waals surface area contributed by atoms with Gasteiger partial charge in [0.25, 0.3) is 5.56 Å². The fourth-order valence-electron chi connectivity index (χ4n) is 6.07. The summed E-state index contributed by atoms with van der Waals surface area (Å²) in [6.45, 7) is 2.98. The van der Waals surface area contributed by atoms with Crippen LogP contribution in [0.1, 0.15) is 42.0 Å². The van der Waals surface area contributed by atoms with Crippen molar-refractivity contribution in [2.24, 2.45) is 0 Å². The number of amides is 1. The van der Waals surface area contributed by atoms with E-state index in [1.54, 1.807) is 4.57 Å². The first kappa shape index (κ1) is 28.7. The molecule has 1 amide bonds. The minimum absolute atomic E-state index is 0.0392. The Morgan fingerprint density at radius 3 is 2.64 bits per heavy atom. The number of benzene rings is 2. The molecule has 0 unspecified atom stereocenters. The average Bonchev–Trinajstić information content (AvgIpc) is 3.63. The molecular formula is C30H29ClF3N7O3. The zero-order valence-electron chi connectivity index (χ0n) is 23.6. The Hall–Kier alpha value is -4.10. The van der Waals surface area contributed by atoms with E-state index < -0.39 is 17.6 Å². The van der Waals surface area contributed by atoms with Crippen molar-refractivity contribution >= 4 is 34.7 Å². The number of anilines is 2. The highest BCUT2D eigenvalue weighted by molar-refractivity contribution is 6.33. The number of hydrogen-bond donors (Lipinski definition) is 2. The summed E-state index contributed by atoms with van der Waals surface area (Å²) in [5, 5.41) is 10.4. The average molecular weight is 628 g/mol. The first-order valence-corrected chi connectivity index (χ1v) is 15.0. The number of halogens is 4. The van der Waals surface area contributed by atoms with E-state index in [4.69, 9.17) is 21.3 Å². The van der Waals surface area contributed by atoms with Gasteiger partial charge in [-0.3, -0.25) is 9.59 Å². The lowest BCUT2D eigenvalue weighted by Crippen LogP contribution is -2.47. The van der Waals surface area contributed by atoms with Crippen LogP contribution >= 0.6 is 11.6 Å². The number of hydrogen-bond acceptors (Lipinski definition) is 7. The Labute approximate surface area is 254 Å². The molecule has 0 radical (unpaired) electrons. The molecule has 7 rings (SSSR count). The third kappa shape index (κ3) is 5.17. The second kappa shape index (κ2) is 11.1. The first-order valence-electron chi connectivity index (χ1n) is 14.6. The van der Waals surface area contributed by atoms with Gasteiger partial charge in [-0.15, -0.1) is 5.10 Å². The number of fused-ring (bicyclic) bond motifs is 2. The van der Waals surface area contributed by atoms with Gasteiger partial charge in [-0.25, -0.2) is 0 Å². The lowest BCUT2D eigenvalue weighted by atomic mass is 9.81.